The Morgan fingerprint density at radius 1 is 1.26 bits per heavy atom. The number of hydrogen-bond donors (Lipinski definition) is 2. The van der Waals surface area contributed by atoms with Gasteiger partial charge in [0.15, 0.2) is 5.96 Å². The minimum atomic E-state index is -4.16. The molecule has 1 heterocycles. The largest absolute Gasteiger partial charge is 0.391 e. The molecule has 27 heavy (non-hydrogen) atoms. The fourth-order valence-corrected chi connectivity index (χ4v) is 3.24. The quantitative estimate of drug-likeness (QED) is 0.342. The number of carbonyl (C=O) groups excluding carboxylic acids is 1. The summed E-state index contributed by atoms with van der Waals surface area (Å²) < 4.78 is 44.4. The molecule has 10 heteroatoms. The van der Waals surface area contributed by atoms with Crippen LogP contribution in [-0.2, 0) is 9.53 Å². The van der Waals surface area contributed by atoms with Crippen LogP contribution in [0.1, 0.15) is 32.1 Å². The van der Waals surface area contributed by atoms with Crippen molar-refractivity contribution in [3.05, 3.63) is 0 Å². The van der Waals surface area contributed by atoms with Crippen molar-refractivity contribution < 1.29 is 22.7 Å². The molecule has 1 saturated heterocycles. The molecule has 2 aliphatic rings. The van der Waals surface area contributed by atoms with E-state index in [1.807, 2.05) is 0 Å². The van der Waals surface area contributed by atoms with Crippen molar-refractivity contribution in [1.29, 1.82) is 0 Å². The Morgan fingerprint density at radius 3 is 2.59 bits per heavy atom. The SMILES string of the molecule is CN(C)C(=O)CN=C(NCC1CCOC1)NC1CCCC(C(F)(F)F)C1.I. The highest BCUT2D eigenvalue weighted by Gasteiger charge is 2.42. The highest BCUT2D eigenvalue weighted by atomic mass is 127. The summed E-state index contributed by atoms with van der Waals surface area (Å²) in [6.45, 7) is 1.97. The van der Waals surface area contributed by atoms with Crippen molar-refractivity contribution in [3.63, 3.8) is 0 Å². The van der Waals surface area contributed by atoms with E-state index < -0.39 is 12.1 Å². The average Bonchev–Trinajstić information content (AvgIpc) is 3.10. The van der Waals surface area contributed by atoms with E-state index in [1.165, 1.54) is 4.90 Å². The maximum Gasteiger partial charge on any atom is 0.391 e. The average molecular weight is 506 g/mol. The van der Waals surface area contributed by atoms with Gasteiger partial charge in [-0.05, 0) is 25.7 Å². The zero-order valence-corrected chi connectivity index (χ0v) is 18.2. The molecule has 0 bridgehead atoms. The summed E-state index contributed by atoms with van der Waals surface area (Å²) in [7, 11) is 3.28. The van der Waals surface area contributed by atoms with Crippen molar-refractivity contribution in [1.82, 2.24) is 15.5 Å². The van der Waals surface area contributed by atoms with Gasteiger partial charge in [-0.25, -0.2) is 4.99 Å². The van der Waals surface area contributed by atoms with Gasteiger partial charge >= 0.3 is 6.18 Å². The summed E-state index contributed by atoms with van der Waals surface area (Å²) in [4.78, 5) is 17.5. The van der Waals surface area contributed by atoms with E-state index in [0.717, 1.165) is 13.0 Å². The van der Waals surface area contributed by atoms with Gasteiger partial charge in [0, 0.05) is 39.2 Å². The predicted octanol–water partition coefficient (Wildman–Crippen LogP) is 2.39. The molecule has 0 radical (unpaired) electrons. The molecule has 2 N–H and O–H groups in total. The normalized spacial score (nSPS) is 26.3. The molecular weight excluding hydrogens is 476 g/mol. The summed E-state index contributed by atoms with van der Waals surface area (Å²) in [5.41, 5.74) is 0. The molecule has 158 valence electrons. The number of aliphatic imine (C=N–C) groups is 1. The number of ether oxygens (including phenoxy) is 1. The van der Waals surface area contributed by atoms with Crippen LogP contribution in [0.5, 0.6) is 0 Å². The summed E-state index contributed by atoms with van der Waals surface area (Å²) in [6, 6.07) is -0.295. The fraction of sp³-hybridized carbons (Fsp3) is 0.882. The van der Waals surface area contributed by atoms with Crippen LogP contribution in [0.4, 0.5) is 13.2 Å². The van der Waals surface area contributed by atoms with Crippen LogP contribution in [0.3, 0.4) is 0 Å². The van der Waals surface area contributed by atoms with Gasteiger partial charge in [-0.2, -0.15) is 13.2 Å². The monoisotopic (exact) mass is 506 g/mol. The van der Waals surface area contributed by atoms with Crippen molar-refractivity contribution in [2.45, 2.75) is 44.3 Å². The van der Waals surface area contributed by atoms with Gasteiger partial charge in [-0.3, -0.25) is 4.79 Å². The molecule has 0 aromatic rings. The first-order chi connectivity index (χ1) is 12.3. The Morgan fingerprint density at radius 2 is 2.00 bits per heavy atom. The van der Waals surface area contributed by atoms with E-state index in [1.54, 1.807) is 14.1 Å². The number of carbonyl (C=O) groups is 1. The Bertz CT molecular complexity index is 497. The third-order valence-corrected chi connectivity index (χ3v) is 4.93. The fourth-order valence-electron chi connectivity index (χ4n) is 3.24. The third-order valence-electron chi connectivity index (χ3n) is 4.93. The van der Waals surface area contributed by atoms with Gasteiger partial charge in [-0.15, -0.1) is 24.0 Å². The first-order valence-corrected chi connectivity index (χ1v) is 9.15. The van der Waals surface area contributed by atoms with Crippen molar-refractivity contribution in [2.24, 2.45) is 16.8 Å². The number of guanidine groups is 1. The van der Waals surface area contributed by atoms with Crippen molar-refractivity contribution in [3.8, 4) is 0 Å². The molecule has 0 aromatic carbocycles. The molecule has 3 atom stereocenters. The third kappa shape index (κ3) is 8.41. The van der Waals surface area contributed by atoms with E-state index >= 15 is 0 Å². The molecule has 1 aliphatic heterocycles. The van der Waals surface area contributed by atoms with E-state index in [2.05, 4.69) is 15.6 Å². The van der Waals surface area contributed by atoms with Crippen LogP contribution < -0.4 is 10.6 Å². The van der Waals surface area contributed by atoms with Gasteiger partial charge in [-0.1, -0.05) is 6.42 Å². The van der Waals surface area contributed by atoms with Crippen molar-refractivity contribution in [2.75, 3.05) is 40.4 Å². The second-order valence-electron chi connectivity index (χ2n) is 7.31. The van der Waals surface area contributed by atoms with Gasteiger partial charge in [0.25, 0.3) is 0 Å². The lowest BCUT2D eigenvalue weighted by Crippen LogP contribution is -2.48. The summed E-state index contributed by atoms with van der Waals surface area (Å²) in [6.07, 6.45) is -1.80. The van der Waals surface area contributed by atoms with Crippen LogP contribution in [0.25, 0.3) is 0 Å². The number of likely N-dealkylation sites (N-methyl/N-ethyl adjacent to an activating group) is 1. The molecule has 3 unspecified atom stereocenters. The molecule has 0 aromatic heterocycles. The minimum absolute atomic E-state index is 0. The van der Waals surface area contributed by atoms with Crippen molar-refractivity contribution >= 4 is 35.8 Å². The second kappa shape index (κ2) is 11.3. The van der Waals surface area contributed by atoms with Gasteiger partial charge in [0.05, 0.1) is 12.5 Å². The molecule has 1 aliphatic carbocycles. The Balaban J connectivity index is 0.00000364. The second-order valence-corrected chi connectivity index (χ2v) is 7.31. The van der Waals surface area contributed by atoms with Crippen LogP contribution in [-0.4, -0.2) is 69.4 Å². The van der Waals surface area contributed by atoms with Crippen LogP contribution in [0.15, 0.2) is 4.99 Å². The first-order valence-electron chi connectivity index (χ1n) is 9.15. The van der Waals surface area contributed by atoms with Gasteiger partial charge in [0.1, 0.15) is 6.54 Å². The molecular formula is C17H30F3IN4O2. The Hall–Kier alpha value is -0.780. The highest BCUT2D eigenvalue weighted by Crippen LogP contribution is 2.37. The summed E-state index contributed by atoms with van der Waals surface area (Å²) in [5, 5.41) is 6.27. The topological polar surface area (TPSA) is 66.0 Å². The number of rotatable bonds is 5. The standard InChI is InChI=1S/C17H29F3N4O2.HI/c1-24(2)15(25)10-22-16(21-9-12-6-7-26-11-12)23-14-5-3-4-13(8-14)17(18,19)20;/h12-14H,3-11H2,1-2H3,(H2,21,22,23);1H. The predicted molar refractivity (Wildman–Crippen MR) is 108 cm³/mol. The maximum atomic E-state index is 13.0. The molecule has 1 amide bonds. The van der Waals surface area contributed by atoms with Gasteiger partial charge < -0.3 is 20.3 Å². The molecule has 6 nitrogen and oxygen atoms in total. The lowest BCUT2D eigenvalue weighted by molar-refractivity contribution is -0.183. The van der Waals surface area contributed by atoms with Crippen LogP contribution >= 0.6 is 24.0 Å². The number of alkyl halides is 3. The Labute approximate surface area is 175 Å². The maximum absolute atomic E-state index is 13.0. The van der Waals surface area contributed by atoms with Gasteiger partial charge in [0.2, 0.25) is 5.91 Å². The number of hydrogen-bond acceptors (Lipinski definition) is 3. The molecule has 1 saturated carbocycles. The van der Waals surface area contributed by atoms with E-state index in [9.17, 15) is 18.0 Å². The summed E-state index contributed by atoms with van der Waals surface area (Å²) in [5.74, 6) is -0.686. The molecule has 2 rings (SSSR count). The number of nitrogens with zero attached hydrogens (tertiary/aromatic N) is 2. The molecule has 2 fully saturated rings. The Kier molecular flexibility index (Phi) is 10.1. The molecule has 0 spiro atoms. The summed E-state index contributed by atoms with van der Waals surface area (Å²) >= 11 is 0. The minimum Gasteiger partial charge on any atom is -0.381 e. The van der Waals surface area contributed by atoms with E-state index in [-0.39, 0.29) is 55.3 Å². The lowest BCUT2D eigenvalue weighted by Gasteiger charge is -2.32. The zero-order chi connectivity index (χ0) is 19.2. The first kappa shape index (κ1) is 24.3. The number of halogens is 4. The lowest BCUT2D eigenvalue weighted by atomic mass is 9.85. The number of amides is 1. The zero-order valence-electron chi connectivity index (χ0n) is 15.8. The van der Waals surface area contributed by atoms with E-state index in [4.69, 9.17) is 4.74 Å². The number of nitrogens with one attached hydrogen (secondary N) is 2. The van der Waals surface area contributed by atoms with E-state index in [0.29, 0.717) is 37.9 Å². The van der Waals surface area contributed by atoms with Crippen LogP contribution in [0.2, 0.25) is 0 Å². The smallest absolute Gasteiger partial charge is 0.381 e. The highest BCUT2D eigenvalue weighted by molar-refractivity contribution is 14.0. The van der Waals surface area contributed by atoms with Crippen LogP contribution in [0, 0.1) is 11.8 Å².